The van der Waals surface area contributed by atoms with E-state index in [-0.39, 0.29) is 17.2 Å². The van der Waals surface area contributed by atoms with Crippen molar-refractivity contribution in [3.63, 3.8) is 0 Å². The summed E-state index contributed by atoms with van der Waals surface area (Å²) >= 11 is 0. The summed E-state index contributed by atoms with van der Waals surface area (Å²) in [7, 11) is -3.00. The molecule has 9 heteroatoms. The fourth-order valence-electron chi connectivity index (χ4n) is 3.59. The van der Waals surface area contributed by atoms with Gasteiger partial charge in [0.2, 0.25) is 0 Å². The van der Waals surface area contributed by atoms with Crippen LogP contribution in [0, 0.1) is 6.92 Å². The second-order valence-corrected chi connectivity index (χ2v) is 12.4. The van der Waals surface area contributed by atoms with Gasteiger partial charge in [-0.05, 0) is 43.3 Å². The Bertz CT molecular complexity index is 1270. The van der Waals surface area contributed by atoms with Crippen LogP contribution in [0.5, 0.6) is 0 Å². The summed E-state index contributed by atoms with van der Waals surface area (Å²) in [6.45, 7) is 12.2. The molecule has 0 saturated carbocycles. The first-order chi connectivity index (χ1) is 16.8. The summed E-state index contributed by atoms with van der Waals surface area (Å²) < 4.78 is 24.8. The Morgan fingerprint density at radius 2 is 1.67 bits per heavy atom. The zero-order valence-corrected chi connectivity index (χ0v) is 22.8. The highest BCUT2D eigenvalue weighted by atomic mass is 32.2. The molecule has 2 amide bonds. The highest BCUT2D eigenvalue weighted by Gasteiger charge is 2.21. The Morgan fingerprint density at radius 3 is 2.22 bits per heavy atom. The van der Waals surface area contributed by atoms with Crippen LogP contribution < -0.4 is 10.6 Å². The number of amides is 2. The van der Waals surface area contributed by atoms with Gasteiger partial charge in [0.15, 0.2) is 0 Å². The Balaban J connectivity index is 1.79. The number of carbonyl (C=O) groups is 1. The lowest BCUT2D eigenvalue weighted by Crippen LogP contribution is -2.28. The summed E-state index contributed by atoms with van der Waals surface area (Å²) in [4.78, 5) is 14.8. The molecule has 36 heavy (non-hydrogen) atoms. The van der Waals surface area contributed by atoms with Gasteiger partial charge in [-0.15, -0.1) is 0 Å². The van der Waals surface area contributed by atoms with Crippen molar-refractivity contribution in [1.82, 2.24) is 14.7 Å². The van der Waals surface area contributed by atoms with E-state index in [0.29, 0.717) is 24.6 Å². The van der Waals surface area contributed by atoms with Crippen LogP contribution in [0.15, 0.2) is 54.6 Å². The minimum Gasteiger partial charge on any atom is -0.308 e. The van der Waals surface area contributed by atoms with Crippen LogP contribution in [0.3, 0.4) is 0 Å². The van der Waals surface area contributed by atoms with Gasteiger partial charge in [-0.25, -0.2) is 17.9 Å². The van der Waals surface area contributed by atoms with Gasteiger partial charge in [-0.2, -0.15) is 5.10 Å². The van der Waals surface area contributed by atoms with Gasteiger partial charge in [-0.3, -0.25) is 10.2 Å². The molecular weight excluding hydrogens is 474 g/mol. The summed E-state index contributed by atoms with van der Waals surface area (Å²) in [6, 6.07) is 17.1. The maximum atomic E-state index is 12.7. The Morgan fingerprint density at radius 1 is 1.03 bits per heavy atom. The number of carbonyl (C=O) groups excluding carboxylic acids is 1. The van der Waals surface area contributed by atoms with Gasteiger partial charge in [0.05, 0.1) is 17.1 Å². The Kier molecular flexibility index (Phi) is 8.58. The zero-order valence-electron chi connectivity index (χ0n) is 22.0. The molecule has 3 aromatic rings. The second kappa shape index (κ2) is 11.3. The van der Waals surface area contributed by atoms with Gasteiger partial charge >= 0.3 is 6.03 Å². The second-order valence-electron chi connectivity index (χ2n) is 10.2. The molecule has 0 aliphatic heterocycles. The molecule has 0 unspecified atom stereocenters. The molecule has 1 aromatic heterocycles. The molecule has 2 aromatic carbocycles. The number of sulfone groups is 1. The average Bonchev–Trinajstić information content (AvgIpc) is 3.22. The summed E-state index contributed by atoms with van der Waals surface area (Å²) in [5, 5.41) is 10.6. The van der Waals surface area contributed by atoms with Crippen molar-refractivity contribution >= 4 is 27.4 Å². The van der Waals surface area contributed by atoms with Gasteiger partial charge < -0.3 is 5.32 Å². The standard InChI is InChI=1S/C27H37N5O3S/c1-7-31(16-17-36(6,34)35)19-21-10-14-23(15-11-21)32-25(18-24(30-32)27(3,4)5)29-26(33)28-22-12-8-20(2)9-13-22/h8-15,18H,7,16-17,19H2,1-6H3,(H2,28,29,33). The van der Waals surface area contributed by atoms with E-state index in [1.807, 2.05) is 68.4 Å². The van der Waals surface area contributed by atoms with E-state index >= 15 is 0 Å². The van der Waals surface area contributed by atoms with E-state index in [9.17, 15) is 13.2 Å². The molecular formula is C27H37N5O3S. The lowest BCUT2D eigenvalue weighted by Gasteiger charge is -2.20. The molecule has 2 N–H and O–H groups in total. The van der Waals surface area contributed by atoms with E-state index in [2.05, 4.69) is 36.3 Å². The number of hydrogen-bond acceptors (Lipinski definition) is 5. The van der Waals surface area contributed by atoms with Crippen LogP contribution in [0.4, 0.5) is 16.3 Å². The normalized spacial score (nSPS) is 12.1. The minimum atomic E-state index is -3.00. The van der Waals surface area contributed by atoms with Crippen molar-refractivity contribution in [3.05, 3.63) is 71.4 Å². The van der Waals surface area contributed by atoms with Crippen molar-refractivity contribution in [2.24, 2.45) is 0 Å². The number of nitrogens with zero attached hydrogens (tertiary/aromatic N) is 3. The van der Waals surface area contributed by atoms with Crippen LogP contribution in [0.25, 0.3) is 5.69 Å². The highest BCUT2D eigenvalue weighted by Crippen LogP contribution is 2.27. The largest absolute Gasteiger partial charge is 0.324 e. The number of benzene rings is 2. The first kappa shape index (κ1) is 27.4. The summed E-state index contributed by atoms with van der Waals surface area (Å²) in [5.74, 6) is 0.710. The average molecular weight is 512 g/mol. The van der Waals surface area contributed by atoms with Crippen molar-refractivity contribution in [3.8, 4) is 5.69 Å². The van der Waals surface area contributed by atoms with Gasteiger partial charge in [0, 0.05) is 36.5 Å². The number of nitrogens with one attached hydrogen (secondary N) is 2. The summed E-state index contributed by atoms with van der Waals surface area (Å²) in [5.41, 5.74) is 4.38. The zero-order chi connectivity index (χ0) is 26.5. The fourth-order valence-corrected chi connectivity index (χ4v) is 4.18. The highest BCUT2D eigenvalue weighted by molar-refractivity contribution is 7.90. The van der Waals surface area contributed by atoms with Crippen LogP contribution in [-0.2, 0) is 21.8 Å². The monoisotopic (exact) mass is 511 g/mol. The van der Waals surface area contributed by atoms with Gasteiger partial charge in [0.1, 0.15) is 15.7 Å². The van der Waals surface area contributed by atoms with Crippen molar-refractivity contribution < 1.29 is 13.2 Å². The van der Waals surface area contributed by atoms with Crippen molar-refractivity contribution in [2.45, 2.75) is 46.6 Å². The SMILES string of the molecule is CCN(CCS(C)(=O)=O)Cc1ccc(-n2nc(C(C)(C)C)cc2NC(=O)Nc2ccc(C)cc2)cc1. The third-order valence-corrected chi connectivity index (χ3v) is 6.77. The third kappa shape index (κ3) is 7.93. The molecule has 0 aliphatic carbocycles. The van der Waals surface area contributed by atoms with Crippen LogP contribution >= 0.6 is 0 Å². The number of rotatable bonds is 9. The lowest BCUT2D eigenvalue weighted by molar-refractivity contribution is 0.262. The molecule has 0 bridgehead atoms. The van der Waals surface area contributed by atoms with E-state index < -0.39 is 9.84 Å². The molecule has 0 aliphatic rings. The molecule has 3 rings (SSSR count). The summed E-state index contributed by atoms with van der Waals surface area (Å²) in [6.07, 6.45) is 1.26. The van der Waals surface area contributed by atoms with Crippen LogP contribution in [-0.4, -0.2) is 54.2 Å². The topological polar surface area (TPSA) is 96.3 Å². The third-order valence-electron chi connectivity index (χ3n) is 5.84. The minimum absolute atomic E-state index is 0.140. The predicted octanol–water partition coefficient (Wildman–Crippen LogP) is 4.99. The van der Waals surface area contributed by atoms with E-state index in [1.54, 1.807) is 4.68 Å². The Hall–Kier alpha value is -3.17. The van der Waals surface area contributed by atoms with E-state index in [1.165, 1.54) is 6.26 Å². The molecule has 1 heterocycles. The first-order valence-corrected chi connectivity index (χ1v) is 14.1. The first-order valence-electron chi connectivity index (χ1n) is 12.1. The molecule has 8 nitrogen and oxygen atoms in total. The number of aryl methyl sites for hydroxylation is 1. The quantitative estimate of drug-likeness (QED) is 0.422. The Labute approximate surface area is 214 Å². The van der Waals surface area contributed by atoms with Crippen molar-refractivity contribution in [1.29, 1.82) is 0 Å². The molecule has 0 fully saturated rings. The maximum absolute atomic E-state index is 12.7. The molecule has 0 radical (unpaired) electrons. The van der Waals surface area contributed by atoms with Gasteiger partial charge in [-0.1, -0.05) is 57.5 Å². The van der Waals surface area contributed by atoms with Crippen LogP contribution in [0.1, 0.15) is 44.5 Å². The number of aromatic nitrogens is 2. The lowest BCUT2D eigenvalue weighted by atomic mass is 9.92. The smallest absolute Gasteiger partial charge is 0.308 e. The fraction of sp³-hybridized carbons (Fsp3) is 0.407. The maximum Gasteiger partial charge on any atom is 0.324 e. The number of urea groups is 1. The predicted molar refractivity (Wildman–Crippen MR) is 147 cm³/mol. The molecule has 0 atom stereocenters. The molecule has 0 saturated heterocycles. The molecule has 194 valence electrons. The van der Waals surface area contributed by atoms with Gasteiger partial charge in [0.25, 0.3) is 0 Å². The van der Waals surface area contributed by atoms with Crippen LogP contribution in [0.2, 0.25) is 0 Å². The number of anilines is 2. The van der Waals surface area contributed by atoms with E-state index in [0.717, 1.165) is 29.1 Å². The van der Waals surface area contributed by atoms with E-state index in [4.69, 9.17) is 5.10 Å². The van der Waals surface area contributed by atoms with Crippen molar-refractivity contribution in [2.75, 3.05) is 35.7 Å². The number of hydrogen-bond donors (Lipinski definition) is 2. The molecule has 0 spiro atoms.